The summed E-state index contributed by atoms with van der Waals surface area (Å²) in [7, 11) is 0. The maximum Gasteiger partial charge on any atom is 0.247 e. The molecule has 0 aliphatic carbocycles. The van der Waals surface area contributed by atoms with Crippen molar-refractivity contribution in [2.24, 2.45) is 0 Å². The van der Waals surface area contributed by atoms with Crippen molar-refractivity contribution in [2.75, 3.05) is 0 Å². The van der Waals surface area contributed by atoms with Crippen LogP contribution >= 0.6 is 23.5 Å². The molecule has 0 bridgehead atoms. The van der Waals surface area contributed by atoms with Crippen LogP contribution in [0.1, 0.15) is 0 Å². The van der Waals surface area contributed by atoms with Crippen molar-refractivity contribution in [3.05, 3.63) is 176 Å². The number of benzene rings is 9. The Hall–Kier alpha value is -5.48. The zero-order chi connectivity index (χ0) is 33.5. The van der Waals surface area contributed by atoms with Gasteiger partial charge in [-0.05, 0) is 95.4 Å². The fourth-order valence-corrected chi connectivity index (χ4v) is 11.1. The second-order valence-corrected chi connectivity index (χ2v) is 15.7. The fraction of sp³-hybridized carbons (Fsp3) is 0. The molecule has 0 saturated carbocycles. The average molecular weight is 681 g/mol. The Labute approximate surface area is 306 Å². The number of rotatable bonds is 3. The second kappa shape index (κ2) is 11.5. The van der Waals surface area contributed by atoms with Gasteiger partial charge in [0.05, 0.1) is 0 Å². The van der Waals surface area contributed by atoms with E-state index in [1.165, 1.54) is 102 Å². The summed E-state index contributed by atoms with van der Waals surface area (Å²) in [6.07, 6.45) is 0. The highest BCUT2D eigenvalue weighted by Crippen LogP contribution is 2.47. The van der Waals surface area contributed by atoms with E-state index >= 15 is 0 Å². The molecule has 0 fully saturated rings. The molecule has 0 N–H and O–H groups in total. The normalized spacial score (nSPS) is 12.9. The Morgan fingerprint density at radius 2 is 0.784 bits per heavy atom. The van der Waals surface area contributed by atoms with Gasteiger partial charge in [0, 0.05) is 19.6 Å². The van der Waals surface area contributed by atoms with Crippen LogP contribution in [0.2, 0.25) is 0 Å². The minimum absolute atomic E-state index is 0.256. The van der Waals surface area contributed by atoms with E-state index in [1.807, 2.05) is 23.5 Å². The standard InChI is InChI=1S/C48H29BS2/c1-2-14-34-30(12-1)13-11-19-35(34)31-24-26-32(27-25-31)46-36-15-3-5-17-38(36)47(39-18-6-4-16-37(39)46)33-28-44-48-45(29-33)51-43-23-10-8-21-41(43)49(48)40-20-7-9-22-42(40)50-44/h1-29H. The Morgan fingerprint density at radius 3 is 1.37 bits per heavy atom. The smallest absolute Gasteiger partial charge is 0.0911 e. The van der Waals surface area contributed by atoms with Crippen LogP contribution in [-0.2, 0) is 0 Å². The van der Waals surface area contributed by atoms with E-state index in [9.17, 15) is 0 Å². The van der Waals surface area contributed by atoms with Crippen molar-refractivity contribution in [3.63, 3.8) is 0 Å². The fourth-order valence-electron chi connectivity index (χ4n) is 8.58. The molecule has 0 saturated heterocycles. The van der Waals surface area contributed by atoms with E-state index in [4.69, 9.17) is 0 Å². The van der Waals surface area contributed by atoms with E-state index < -0.39 is 0 Å². The summed E-state index contributed by atoms with van der Waals surface area (Å²) in [6.45, 7) is 0.256. The predicted molar refractivity (Wildman–Crippen MR) is 221 cm³/mol. The third-order valence-corrected chi connectivity index (χ3v) is 13.1. The molecule has 51 heavy (non-hydrogen) atoms. The Bertz CT molecular complexity index is 2740. The molecule has 0 spiro atoms. The van der Waals surface area contributed by atoms with E-state index in [0.29, 0.717) is 0 Å². The first kappa shape index (κ1) is 29.3. The average Bonchev–Trinajstić information content (AvgIpc) is 3.19. The molecule has 2 heterocycles. The zero-order valence-corrected chi connectivity index (χ0v) is 29.3. The highest BCUT2D eigenvalue weighted by molar-refractivity contribution is 8.01. The lowest BCUT2D eigenvalue weighted by Crippen LogP contribution is -2.57. The topological polar surface area (TPSA) is 0 Å². The highest BCUT2D eigenvalue weighted by Gasteiger charge is 2.38. The van der Waals surface area contributed by atoms with Crippen molar-refractivity contribution in [1.29, 1.82) is 0 Å². The van der Waals surface area contributed by atoms with Crippen LogP contribution in [0, 0.1) is 0 Å². The summed E-state index contributed by atoms with van der Waals surface area (Å²) >= 11 is 3.86. The van der Waals surface area contributed by atoms with Crippen molar-refractivity contribution >= 4 is 78.9 Å². The van der Waals surface area contributed by atoms with Crippen molar-refractivity contribution in [1.82, 2.24) is 0 Å². The molecule has 236 valence electrons. The maximum absolute atomic E-state index is 2.48. The minimum atomic E-state index is 0.256. The number of fused-ring (bicyclic) bond motifs is 7. The molecule has 0 aromatic heterocycles. The summed E-state index contributed by atoms with van der Waals surface area (Å²) in [5.74, 6) is 0. The third kappa shape index (κ3) is 4.52. The Kier molecular flexibility index (Phi) is 6.62. The molecule has 0 unspecified atom stereocenters. The molecular formula is C48H29BS2. The van der Waals surface area contributed by atoms with Gasteiger partial charge in [-0.1, -0.05) is 186 Å². The van der Waals surface area contributed by atoms with E-state index in [0.717, 1.165) is 0 Å². The van der Waals surface area contributed by atoms with Gasteiger partial charge in [-0.3, -0.25) is 0 Å². The lowest BCUT2D eigenvalue weighted by molar-refractivity contribution is 1.33. The largest absolute Gasteiger partial charge is 0.247 e. The van der Waals surface area contributed by atoms with Crippen molar-refractivity contribution in [3.8, 4) is 33.4 Å². The first-order valence-electron chi connectivity index (χ1n) is 17.5. The van der Waals surface area contributed by atoms with Crippen LogP contribution in [0.25, 0.3) is 65.7 Å². The van der Waals surface area contributed by atoms with Crippen LogP contribution in [-0.4, -0.2) is 6.71 Å². The Balaban J connectivity index is 1.12. The molecule has 11 rings (SSSR count). The van der Waals surface area contributed by atoms with Crippen LogP contribution < -0.4 is 16.4 Å². The van der Waals surface area contributed by atoms with Gasteiger partial charge < -0.3 is 0 Å². The molecule has 0 atom stereocenters. The van der Waals surface area contributed by atoms with Gasteiger partial charge in [-0.25, -0.2) is 0 Å². The van der Waals surface area contributed by atoms with E-state index in [1.54, 1.807) is 0 Å². The van der Waals surface area contributed by atoms with Crippen LogP contribution in [0.5, 0.6) is 0 Å². The van der Waals surface area contributed by atoms with E-state index in [2.05, 4.69) is 176 Å². The molecule has 3 heteroatoms. The molecular weight excluding hydrogens is 651 g/mol. The summed E-state index contributed by atoms with van der Waals surface area (Å²) in [5, 5.41) is 7.69. The third-order valence-electron chi connectivity index (χ3n) is 10.8. The summed E-state index contributed by atoms with van der Waals surface area (Å²) < 4.78 is 0. The van der Waals surface area contributed by atoms with Gasteiger partial charge in [-0.15, -0.1) is 0 Å². The van der Waals surface area contributed by atoms with Gasteiger partial charge in [0.25, 0.3) is 0 Å². The first-order valence-corrected chi connectivity index (χ1v) is 19.2. The van der Waals surface area contributed by atoms with Gasteiger partial charge >= 0.3 is 0 Å². The van der Waals surface area contributed by atoms with Gasteiger partial charge in [0.2, 0.25) is 6.71 Å². The van der Waals surface area contributed by atoms with Crippen molar-refractivity contribution < 1.29 is 0 Å². The summed E-state index contributed by atoms with van der Waals surface area (Å²) in [5.41, 5.74) is 11.9. The molecule has 0 nitrogen and oxygen atoms in total. The highest BCUT2D eigenvalue weighted by atomic mass is 32.2. The molecule has 0 amide bonds. The van der Waals surface area contributed by atoms with Crippen molar-refractivity contribution in [2.45, 2.75) is 19.6 Å². The Morgan fingerprint density at radius 1 is 0.333 bits per heavy atom. The van der Waals surface area contributed by atoms with E-state index in [-0.39, 0.29) is 6.71 Å². The first-order chi connectivity index (χ1) is 25.3. The predicted octanol–water partition coefficient (Wildman–Crippen LogP) is 11.6. The monoisotopic (exact) mass is 680 g/mol. The van der Waals surface area contributed by atoms with Gasteiger partial charge in [-0.2, -0.15) is 0 Å². The van der Waals surface area contributed by atoms with Gasteiger partial charge in [0.1, 0.15) is 0 Å². The quantitative estimate of drug-likeness (QED) is 0.135. The molecule has 9 aromatic rings. The van der Waals surface area contributed by atoms with Crippen LogP contribution in [0.4, 0.5) is 0 Å². The second-order valence-electron chi connectivity index (χ2n) is 13.5. The SMILES string of the molecule is c1ccc2c(c1)Sc1cc(-c3c4ccccc4c(-c4ccc(-c5cccc6ccccc56)cc4)c4ccccc34)cc3c1B2c1ccccc1S3. The molecule has 0 radical (unpaired) electrons. The van der Waals surface area contributed by atoms with Gasteiger partial charge in [0.15, 0.2) is 0 Å². The lowest BCUT2D eigenvalue weighted by Gasteiger charge is -2.33. The molecule has 2 aliphatic rings. The number of hydrogen-bond donors (Lipinski definition) is 0. The number of hydrogen-bond acceptors (Lipinski definition) is 2. The lowest BCUT2D eigenvalue weighted by atomic mass is 9.36. The summed E-state index contributed by atoms with van der Waals surface area (Å²) in [4.78, 5) is 5.46. The van der Waals surface area contributed by atoms with Crippen LogP contribution in [0.3, 0.4) is 0 Å². The van der Waals surface area contributed by atoms with Crippen LogP contribution in [0.15, 0.2) is 196 Å². The zero-order valence-electron chi connectivity index (χ0n) is 27.6. The minimum Gasteiger partial charge on any atom is -0.0911 e. The summed E-state index contributed by atoms with van der Waals surface area (Å²) in [6, 6.07) is 65.5. The molecule has 9 aromatic carbocycles. The molecule has 2 aliphatic heterocycles. The maximum atomic E-state index is 2.48.